The summed E-state index contributed by atoms with van der Waals surface area (Å²) in [5, 5.41) is 1.98. The summed E-state index contributed by atoms with van der Waals surface area (Å²) in [5.41, 5.74) is 4.79. The second-order valence-electron chi connectivity index (χ2n) is 6.32. The second-order valence-corrected chi connectivity index (χ2v) is 7.33. The van der Waals surface area contributed by atoms with E-state index in [1.807, 2.05) is 12.1 Å². The summed E-state index contributed by atoms with van der Waals surface area (Å²) in [6.07, 6.45) is 3.84. The first-order valence-electron chi connectivity index (χ1n) is 8.27. The number of rotatable bonds is 2. The Balaban J connectivity index is 1.62. The predicted octanol–water partition coefficient (Wildman–Crippen LogP) is 4.13. The maximum atomic E-state index is 11.7. The summed E-state index contributed by atoms with van der Waals surface area (Å²) >= 11 is 0.955. The van der Waals surface area contributed by atoms with Crippen LogP contribution in [0.15, 0.2) is 53.4 Å². The summed E-state index contributed by atoms with van der Waals surface area (Å²) in [5.74, 6) is -0.311. The van der Waals surface area contributed by atoms with Crippen LogP contribution in [0, 0.1) is 0 Å². The van der Waals surface area contributed by atoms with Crippen molar-refractivity contribution in [2.24, 2.45) is 0 Å². The van der Waals surface area contributed by atoms with Gasteiger partial charge in [0, 0.05) is 12.7 Å². The molecule has 0 aliphatic carbocycles. The molecule has 0 saturated carbocycles. The van der Waals surface area contributed by atoms with Gasteiger partial charge in [0.1, 0.15) is 0 Å². The van der Waals surface area contributed by atoms with Crippen LogP contribution in [0.4, 0.5) is 10.5 Å². The van der Waals surface area contributed by atoms with Gasteiger partial charge in [-0.3, -0.25) is 14.9 Å². The van der Waals surface area contributed by atoms with E-state index in [0.717, 1.165) is 30.2 Å². The van der Waals surface area contributed by atoms with Crippen LogP contribution in [0.1, 0.15) is 29.2 Å². The topological polar surface area (TPSA) is 49.4 Å². The number of nitrogens with zero attached hydrogens (tertiary/aromatic N) is 1. The third-order valence-electron chi connectivity index (χ3n) is 4.76. The zero-order valence-electron chi connectivity index (χ0n) is 13.9. The van der Waals surface area contributed by atoms with E-state index < -0.39 is 0 Å². The minimum atomic E-state index is -0.311. The van der Waals surface area contributed by atoms with Gasteiger partial charge in [-0.1, -0.05) is 36.4 Å². The lowest BCUT2D eigenvalue weighted by molar-refractivity contribution is -0.115. The monoisotopic (exact) mass is 350 g/mol. The van der Waals surface area contributed by atoms with Crippen LogP contribution < -0.4 is 10.2 Å². The van der Waals surface area contributed by atoms with E-state index in [9.17, 15) is 9.59 Å². The number of aryl methyl sites for hydroxylation is 1. The third kappa shape index (κ3) is 3.07. The third-order valence-corrected chi connectivity index (χ3v) is 5.57. The number of hydrogen-bond donors (Lipinski definition) is 1. The Hall–Kier alpha value is -2.53. The molecule has 5 heteroatoms. The molecule has 0 radical (unpaired) electrons. The van der Waals surface area contributed by atoms with Gasteiger partial charge < -0.3 is 4.90 Å². The maximum absolute atomic E-state index is 11.7. The molecule has 4 nitrogen and oxygen atoms in total. The average molecular weight is 350 g/mol. The second kappa shape index (κ2) is 6.41. The van der Waals surface area contributed by atoms with Crippen LogP contribution in [-0.2, 0) is 11.2 Å². The number of carbonyl (C=O) groups is 2. The van der Waals surface area contributed by atoms with Crippen molar-refractivity contribution in [3.05, 3.63) is 70.1 Å². The van der Waals surface area contributed by atoms with Gasteiger partial charge in [0.2, 0.25) is 0 Å². The Morgan fingerprint density at radius 2 is 1.96 bits per heavy atom. The lowest BCUT2D eigenvalue weighted by Crippen LogP contribution is -2.29. The molecule has 0 aromatic heterocycles. The molecular formula is C20H18N2O2S. The van der Waals surface area contributed by atoms with E-state index in [4.69, 9.17) is 0 Å². The highest BCUT2D eigenvalue weighted by atomic mass is 32.2. The number of hydrogen-bond acceptors (Lipinski definition) is 4. The number of nitrogens with one attached hydrogen (secondary N) is 1. The minimum absolute atomic E-state index is 0.306. The first-order chi connectivity index (χ1) is 12.1. The lowest BCUT2D eigenvalue weighted by Gasteiger charge is -2.36. The Morgan fingerprint density at radius 3 is 2.68 bits per heavy atom. The van der Waals surface area contributed by atoms with Crippen LogP contribution in [0.25, 0.3) is 6.08 Å². The first kappa shape index (κ1) is 16.0. The highest BCUT2D eigenvalue weighted by Gasteiger charge is 2.26. The van der Waals surface area contributed by atoms with Crippen LogP contribution >= 0.6 is 11.8 Å². The lowest BCUT2D eigenvalue weighted by atomic mass is 9.91. The standard InChI is InChI=1S/C20H18N2O2S/c1-22-16(14-5-3-2-4-6-14)10-8-15-11-13(7-9-17(15)22)12-18-19(23)21-20(24)25-18/h2-7,9,11-12,16H,8,10H2,1H3,(H,21,23,24)/b18-12+. The van der Waals surface area contributed by atoms with E-state index in [-0.39, 0.29) is 11.1 Å². The Labute approximate surface area is 150 Å². The van der Waals surface area contributed by atoms with Crippen LogP contribution in [0.2, 0.25) is 0 Å². The van der Waals surface area contributed by atoms with Crippen LogP contribution in [-0.4, -0.2) is 18.2 Å². The van der Waals surface area contributed by atoms with Gasteiger partial charge in [0.25, 0.3) is 11.1 Å². The molecule has 2 aromatic rings. The van der Waals surface area contributed by atoms with Crippen molar-refractivity contribution in [1.82, 2.24) is 5.32 Å². The molecule has 0 spiro atoms. The van der Waals surface area contributed by atoms with Crippen molar-refractivity contribution in [1.29, 1.82) is 0 Å². The number of carbonyl (C=O) groups excluding carboxylic acids is 2. The molecular weight excluding hydrogens is 332 g/mol. The van der Waals surface area contributed by atoms with Crippen molar-refractivity contribution in [3.63, 3.8) is 0 Å². The fourth-order valence-corrected chi connectivity index (χ4v) is 4.21. The normalized spacial score (nSPS) is 21.4. The zero-order valence-corrected chi connectivity index (χ0v) is 14.7. The van der Waals surface area contributed by atoms with Crippen molar-refractivity contribution in [2.75, 3.05) is 11.9 Å². The molecule has 2 heterocycles. The summed E-state index contributed by atoms with van der Waals surface area (Å²) in [6, 6.07) is 17.2. The Kier molecular flexibility index (Phi) is 4.09. The minimum Gasteiger partial charge on any atom is -0.367 e. The Bertz CT molecular complexity index is 877. The molecule has 1 saturated heterocycles. The summed E-state index contributed by atoms with van der Waals surface area (Å²) in [4.78, 5) is 25.8. The van der Waals surface area contributed by atoms with Crippen LogP contribution in [0.3, 0.4) is 0 Å². The fraction of sp³-hybridized carbons (Fsp3) is 0.200. The summed E-state index contributed by atoms with van der Waals surface area (Å²) < 4.78 is 0. The van der Waals surface area contributed by atoms with E-state index in [1.165, 1.54) is 16.8 Å². The fourth-order valence-electron chi connectivity index (χ4n) is 3.53. The van der Waals surface area contributed by atoms with Gasteiger partial charge in [-0.15, -0.1) is 0 Å². The molecule has 25 heavy (non-hydrogen) atoms. The maximum Gasteiger partial charge on any atom is 0.290 e. The molecule has 1 atom stereocenters. The molecule has 126 valence electrons. The molecule has 2 aromatic carbocycles. The molecule has 0 bridgehead atoms. The molecule has 1 N–H and O–H groups in total. The number of anilines is 1. The number of thioether (sulfide) groups is 1. The van der Waals surface area contributed by atoms with Crippen molar-refractivity contribution < 1.29 is 9.59 Å². The Morgan fingerprint density at radius 1 is 1.16 bits per heavy atom. The molecule has 2 aliphatic heterocycles. The van der Waals surface area contributed by atoms with Gasteiger partial charge in [0.15, 0.2) is 0 Å². The quantitative estimate of drug-likeness (QED) is 0.827. The molecule has 1 unspecified atom stereocenters. The van der Waals surface area contributed by atoms with Gasteiger partial charge in [0.05, 0.1) is 10.9 Å². The van der Waals surface area contributed by atoms with Crippen molar-refractivity contribution >= 4 is 34.7 Å². The van der Waals surface area contributed by atoms with E-state index in [1.54, 1.807) is 6.08 Å². The average Bonchev–Trinajstić information content (AvgIpc) is 2.93. The largest absolute Gasteiger partial charge is 0.367 e. The van der Waals surface area contributed by atoms with Crippen LogP contribution in [0.5, 0.6) is 0 Å². The van der Waals surface area contributed by atoms with Crippen molar-refractivity contribution in [3.8, 4) is 0 Å². The number of amides is 2. The SMILES string of the molecule is CN1c2ccc(/C=C3/SC(=O)NC3=O)cc2CCC1c1ccccc1. The van der Waals surface area contributed by atoms with Gasteiger partial charge in [-0.25, -0.2) is 0 Å². The summed E-state index contributed by atoms with van der Waals surface area (Å²) in [7, 11) is 2.13. The zero-order chi connectivity index (χ0) is 17.4. The van der Waals surface area contributed by atoms with E-state index in [0.29, 0.717) is 10.9 Å². The van der Waals surface area contributed by atoms with Gasteiger partial charge in [-0.2, -0.15) is 0 Å². The van der Waals surface area contributed by atoms with Gasteiger partial charge >= 0.3 is 0 Å². The van der Waals surface area contributed by atoms with Crippen molar-refractivity contribution in [2.45, 2.75) is 18.9 Å². The highest BCUT2D eigenvalue weighted by Crippen LogP contribution is 2.38. The van der Waals surface area contributed by atoms with Gasteiger partial charge in [-0.05, 0) is 59.5 Å². The molecule has 2 aliphatic rings. The first-order valence-corrected chi connectivity index (χ1v) is 9.09. The smallest absolute Gasteiger partial charge is 0.290 e. The number of fused-ring (bicyclic) bond motifs is 1. The molecule has 1 fully saturated rings. The number of imide groups is 1. The number of benzene rings is 2. The van der Waals surface area contributed by atoms with E-state index >= 15 is 0 Å². The summed E-state index contributed by atoms with van der Waals surface area (Å²) in [6.45, 7) is 0. The van der Waals surface area contributed by atoms with E-state index in [2.05, 4.69) is 53.7 Å². The molecule has 4 rings (SSSR count). The highest BCUT2D eigenvalue weighted by molar-refractivity contribution is 8.18. The predicted molar refractivity (Wildman–Crippen MR) is 101 cm³/mol. The molecule has 2 amide bonds.